The van der Waals surface area contributed by atoms with Crippen LogP contribution in [0.2, 0.25) is 0 Å². The minimum atomic E-state index is -0.378. The number of carbonyl (C=O) groups is 1. The Morgan fingerprint density at radius 3 is 2.54 bits per heavy atom. The second-order valence-corrected chi connectivity index (χ2v) is 9.99. The van der Waals surface area contributed by atoms with E-state index in [4.69, 9.17) is 9.47 Å². The van der Waals surface area contributed by atoms with Gasteiger partial charge in [-0.15, -0.1) is 0 Å². The summed E-state index contributed by atoms with van der Waals surface area (Å²) in [4.78, 5) is 11.9. The normalized spacial score (nSPS) is 49.3. The molecule has 0 spiro atoms. The average Bonchev–Trinajstić information content (AvgIpc) is 3.19. The zero-order valence-electron chi connectivity index (χ0n) is 16.4. The van der Waals surface area contributed by atoms with Gasteiger partial charge in [-0.05, 0) is 80.8 Å². The monoisotopic (exact) mass is 356 g/mol. The van der Waals surface area contributed by atoms with E-state index in [1.165, 1.54) is 37.7 Å². The van der Waals surface area contributed by atoms with Gasteiger partial charge in [0, 0.05) is 11.3 Å². The predicted octanol–water partition coefficient (Wildman–Crippen LogP) is 4.67. The summed E-state index contributed by atoms with van der Waals surface area (Å²) in [6, 6.07) is 0. The molecular formula is C23H32O3. The van der Waals surface area contributed by atoms with Gasteiger partial charge in [0.1, 0.15) is 0 Å². The average molecular weight is 357 g/mol. The van der Waals surface area contributed by atoms with E-state index in [-0.39, 0.29) is 17.0 Å². The molecule has 5 rings (SSSR count). The molecule has 142 valence electrons. The van der Waals surface area contributed by atoms with Crippen LogP contribution in [0.25, 0.3) is 0 Å². The lowest BCUT2D eigenvalue weighted by Gasteiger charge is -2.58. The van der Waals surface area contributed by atoms with Crippen molar-refractivity contribution in [2.75, 3.05) is 13.2 Å². The molecule has 3 nitrogen and oxygen atoms in total. The molecule has 0 aromatic heterocycles. The molecule has 0 aromatic carbocycles. The molecule has 26 heavy (non-hydrogen) atoms. The maximum Gasteiger partial charge on any atom is 0.178 e. The third-order valence-corrected chi connectivity index (χ3v) is 9.05. The lowest BCUT2D eigenvalue weighted by molar-refractivity contribution is -0.214. The highest BCUT2D eigenvalue weighted by Gasteiger charge is 2.62. The van der Waals surface area contributed by atoms with Crippen LogP contribution < -0.4 is 0 Å². The van der Waals surface area contributed by atoms with Crippen molar-refractivity contribution in [3.8, 4) is 0 Å². The fourth-order valence-corrected chi connectivity index (χ4v) is 7.79. The summed E-state index contributed by atoms with van der Waals surface area (Å²) < 4.78 is 12.2. The number of hydrogen-bond acceptors (Lipinski definition) is 3. The minimum absolute atomic E-state index is 0.0977. The number of carbonyl (C=O) groups excluding carboxylic acids is 1. The quantitative estimate of drug-likeness (QED) is 0.685. The highest BCUT2D eigenvalue weighted by Crippen LogP contribution is 2.67. The molecular weight excluding hydrogens is 324 g/mol. The molecule has 0 aromatic rings. The van der Waals surface area contributed by atoms with E-state index in [1.807, 2.05) is 12.2 Å². The molecule has 6 atom stereocenters. The molecule has 0 unspecified atom stereocenters. The van der Waals surface area contributed by atoms with E-state index in [0.717, 1.165) is 31.5 Å². The van der Waals surface area contributed by atoms with Crippen LogP contribution in [-0.4, -0.2) is 24.8 Å². The zero-order valence-corrected chi connectivity index (χ0v) is 16.4. The summed E-state index contributed by atoms with van der Waals surface area (Å²) in [5, 5.41) is 0. The van der Waals surface area contributed by atoms with Gasteiger partial charge < -0.3 is 9.47 Å². The fourth-order valence-electron chi connectivity index (χ4n) is 7.79. The Hall–Kier alpha value is -0.930. The first-order chi connectivity index (χ1) is 12.4. The van der Waals surface area contributed by atoms with Crippen LogP contribution >= 0.6 is 0 Å². The molecule has 0 amide bonds. The van der Waals surface area contributed by atoms with Crippen molar-refractivity contribution in [3.05, 3.63) is 23.8 Å². The molecule has 3 heteroatoms. The number of ketones is 1. The number of fused-ring (bicyclic) bond motifs is 5. The topological polar surface area (TPSA) is 35.5 Å². The van der Waals surface area contributed by atoms with Crippen LogP contribution in [0.3, 0.4) is 0 Å². The van der Waals surface area contributed by atoms with Crippen molar-refractivity contribution in [2.24, 2.45) is 34.5 Å². The van der Waals surface area contributed by atoms with E-state index in [9.17, 15) is 4.79 Å². The summed E-state index contributed by atoms with van der Waals surface area (Å²) in [6.45, 7) is 8.58. The maximum absolute atomic E-state index is 11.9. The Morgan fingerprint density at radius 1 is 1.00 bits per heavy atom. The Kier molecular flexibility index (Phi) is 3.66. The predicted molar refractivity (Wildman–Crippen MR) is 100 cm³/mol. The van der Waals surface area contributed by atoms with Crippen LogP contribution in [0.15, 0.2) is 23.8 Å². The van der Waals surface area contributed by atoms with Crippen LogP contribution in [0.5, 0.6) is 0 Å². The number of rotatable bonds is 1. The molecule has 4 aliphatic carbocycles. The van der Waals surface area contributed by atoms with E-state index in [2.05, 4.69) is 26.8 Å². The van der Waals surface area contributed by atoms with Gasteiger partial charge in [0.15, 0.2) is 11.6 Å². The molecule has 5 aliphatic rings. The Labute approximate surface area is 157 Å². The molecule has 3 saturated carbocycles. The first-order valence-corrected chi connectivity index (χ1v) is 10.6. The van der Waals surface area contributed by atoms with E-state index < -0.39 is 0 Å². The molecule has 1 heterocycles. The van der Waals surface area contributed by atoms with Crippen LogP contribution in [0.1, 0.15) is 59.3 Å². The zero-order chi connectivity index (χ0) is 18.2. The van der Waals surface area contributed by atoms with Gasteiger partial charge in [0.25, 0.3) is 0 Å². The molecule has 0 bridgehead atoms. The molecule has 0 N–H and O–H groups in total. The van der Waals surface area contributed by atoms with Gasteiger partial charge in [-0.3, -0.25) is 4.79 Å². The number of allylic oxidation sites excluding steroid dienone is 4. The fraction of sp³-hybridized carbons (Fsp3) is 0.783. The Bertz CT molecular complexity index is 686. The largest absolute Gasteiger partial charge is 0.348 e. The smallest absolute Gasteiger partial charge is 0.178 e. The molecule has 1 aliphatic heterocycles. The van der Waals surface area contributed by atoms with Crippen molar-refractivity contribution in [1.29, 1.82) is 0 Å². The molecule has 1 saturated heterocycles. The summed E-state index contributed by atoms with van der Waals surface area (Å²) in [7, 11) is 0. The van der Waals surface area contributed by atoms with Gasteiger partial charge in [-0.1, -0.05) is 25.5 Å². The summed E-state index contributed by atoms with van der Waals surface area (Å²) in [5.41, 5.74) is 1.81. The summed E-state index contributed by atoms with van der Waals surface area (Å²) in [6.07, 6.45) is 13.4. The lowest BCUT2D eigenvalue weighted by atomic mass is 9.47. The van der Waals surface area contributed by atoms with Gasteiger partial charge in [0.05, 0.1) is 13.2 Å². The molecule has 4 fully saturated rings. The molecule has 0 radical (unpaired) electrons. The van der Waals surface area contributed by atoms with Crippen molar-refractivity contribution >= 4 is 5.78 Å². The SMILES string of the molecule is CC1([C@H]2CC[C@H]3[C@@H]4CCC5=CC(=O)C=C[C@]5(C)[C@H]4CC[C@]23C)OCCO1. The van der Waals surface area contributed by atoms with E-state index >= 15 is 0 Å². The maximum atomic E-state index is 11.9. The van der Waals surface area contributed by atoms with E-state index in [1.54, 1.807) is 0 Å². The van der Waals surface area contributed by atoms with Gasteiger partial charge in [0.2, 0.25) is 0 Å². The third kappa shape index (κ3) is 2.16. The first kappa shape index (κ1) is 17.2. The van der Waals surface area contributed by atoms with E-state index in [0.29, 0.717) is 17.3 Å². The Balaban J connectivity index is 1.46. The lowest BCUT2D eigenvalue weighted by Crippen LogP contribution is -2.52. The van der Waals surface area contributed by atoms with Crippen molar-refractivity contribution in [2.45, 2.75) is 65.1 Å². The second kappa shape index (κ2) is 5.54. The van der Waals surface area contributed by atoms with Gasteiger partial charge in [-0.2, -0.15) is 0 Å². The third-order valence-electron chi connectivity index (χ3n) is 9.05. The van der Waals surface area contributed by atoms with Crippen molar-refractivity contribution < 1.29 is 14.3 Å². The van der Waals surface area contributed by atoms with Gasteiger partial charge in [-0.25, -0.2) is 0 Å². The number of hydrogen-bond donors (Lipinski definition) is 0. The highest BCUT2D eigenvalue weighted by atomic mass is 16.7. The number of ether oxygens (including phenoxy) is 2. The van der Waals surface area contributed by atoms with Crippen LogP contribution in [0.4, 0.5) is 0 Å². The van der Waals surface area contributed by atoms with Gasteiger partial charge >= 0.3 is 0 Å². The summed E-state index contributed by atoms with van der Waals surface area (Å²) >= 11 is 0. The minimum Gasteiger partial charge on any atom is -0.348 e. The van der Waals surface area contributed by atoms with Crippen molar-refractivity contribution in [3.63, 3.8) is 0 Å². The highest BCUT2D eigenvalue weighted by molar-refractivity contribution is 6.01. The first-order valence-electron chi connectivity index (χ1n) is 10.6. The van der Waals surface area contributed by atoms with Crippen LogP contribution in [-0.2, 0) is 14.3 Å². The standard InChI is InChI=1S/C23H32O3/c1-21-10-8-16(24)14-15(21)4-5-17-18-6-7-20(23(3)25-12-13-26-23)22(18,2)11-9-19(17)21/h8,10,14,17-20H,4-7,9,11-13H2,1-3H3/t17-,18-,19-,20-,21-,22-/m0/s1. The second-order valence-electron chi connectivity index (χ2n) is 9.99. The van der Waals surface area contributed by atoms with Crippen molar-refractivity contribution in [1.82, 2.24) is 0 Å². The van der Waals surface area contributed by atoms with Crippen LogP contribution in [0, 0.1) is 34.5 Å². The summed E-state index contributed by atoms with van der Waals surface area (Å²) in [5.74, 6) is 2.53. The Morgan fingerprint density at radius 2 is 1.77 bits per heavy atom.